The van der Waals surface area contributed by atoms with Gasteiger partial charge in [-0.05, 0) is 57.2 Å². The fourth-order valence-corrected chi connectivity index (χ4v) is 2.68. The van der Waals surface area contributed by atoms with Gasteiger partial charge in [0.25, 0.3) is 0 Å². The predicted molar refractivity (Wildman–Crippen MR) is 76.0 cm³/mol. The number of benzene rings is 1. The van der Waals surface area contributed by atoms with E-state index in [0.29, 0.717) is 24.0 Å². The van der Waals surface area contributed by atoms with Crippen molar-refractivity contribution in [2.24, 2.45) is 0 Å². The van der Waals surface area contributed by atoms with Gasteiger partial charge in [0.2, 0.25) is 0 Å². The molecule has 0 heterocycles. The SMILES string of the molecule is CN(C(=O)OC(C)(C)C)C1CCCc2c(F)cc(F)cc21. The molecule has 116 valence electrons. The second kappa shape index (κ2) is 5.62. The number of hydrogen-bond acceptors (Lipinski definition) is 2. The molecule has 0 saturated carbocycles. The lowest BCUT2D eigenvalue weighted by Crippen LogP contribution is -2.38. The van der Waals surface area contributed by atoms with E-state index < -0.39 is 23.3 Å². The minimum atomic E-state index is -0.615. The molecule has 1 aliphatic rings. The Hall–Kier alpha value is -1.65. The van der Waals surface area contributed by atoms with Crippen LogP contribution in [0, 0.1) is 11.6 Å². The first-order valence-electron chi connectivity index (χ1n) is 7.12. The van der Waals surface area contributed by atoms with Crippen molar-refractivity contribution < 1.29 is 18.3 Å². The first-order valence-corrected chi connectivity index (χ1v) is 7.12. The number of nitrogens with zero attached hydrogens (tertiary/aromatic N) is 1. The topological polar surface area (TPSA) is 29.5 Å². The van der Waals surface area contributed by atoms with E-state index >= 15 is 0 Å². The molecule has 0 N–H and O–H groups in total. The van der Waals surface area contributed by atoms with Crippen LogP contribution in [0.4, 0.5) is 13.6 Å². The molecule has 2 rings (SSSR count). The summed E-state index contributed by atoms with van der Waals surface area (Å²) in [5.41, 5.74) is 0.450. The van der Waals surface area contributed by atoms with Gasteiger partial charge >= 0.3 is 6.09 Å². The maximum Gasteiger partial charge on any atom is 0.410 e. The minimum Gasteiger partial charge on any atom is -0.444 e. The Morgan fingerprint density at radius 3 is 2.62 bits per heavy atom. The van der Waals surface area contributed by atoms with Crippen molar-refractivity contribution in [1.82, 2.24) is 4.90 Å². The Kier molecular flexibility index (Phi) is 4.21. The van der Waals surface area contributed by atoms with Crippen LogP contribution in [0.25, 0.3) is 0 Å². The zero-order valence-electron chi connectivity index (χ0n) is 12.9. The highest BCUT2D eigenvalue weighted by Gasteiger charge is 2.31. The highest BCUT2D eigenvalue weighted by Crippen LogP contribution is 2.36. The molecule has 0 aromatic heterocycles. The van der Waals surface area contributed by atoms with Crippen LogP contribution in [0.3, 0.4) is 0 Å². The first kappa shape index (κ1) is 15.7. The van der Waals surface area contributed by atoms with E-state index in [1.165, 1.54) is 11.0 Å². The molecule has 1 aromatic rings. The highest BCUT2D eigenvalue weighted by atomic mass is 19.1. The van der Waals surface area contributed by atoms with Crippen LogP contribution < -0.4 is 0 Å². The first-order chi connectivity index (χ1) is 9.69. The lowest BCUT2D eigenvalue weighted by Gasteiger charge is -2.34. The highest BCUT2D eigenvalue weighted by molar-refractivity contribution is 5.68. The van der Waals surface area contributed by atoms with E-state index in [1.807, 2.05) is 0 Å². The van der Waals surface area contributed by atoms with Gasteiger partial charge in [-0.3, -0.25) is 0 Å². The fourth-order valence-electron chi connectivity index (χ4n) is 2.68. The molecule has 1 aromatic carbocycles. The summed E-state index contributed by atoms with van der Waals surface area (Å²) < 4.78 is 32.7. The number of hydrogen-bond donors (Lipinski definition) is 0. The van der Waals surface area contributed by atoms with Gasteiger partial charge in [0.15, 0.2) is 0 Å². The Labute approximate surface area is 123 Å². The molecule has 0 spiro atoms. The summed E-state index contributed by atoms with van der Waals surface area (Å²) in [6.07, 6.45) is 1.52. The Morgan fingerprint density at radius 1 is 1.33 bits per heavy atom. The molecule has 0 bridgehead atoms. The van der Waals surface area contributed by atoms with Crippen molar-refractivity contribution >= 4 is 6.09 Å². The number of rotatable bonds is 1. The van der Waals surface area contributed by atoms with Gasteiger partial charge in [-0.1, -0.05) is 0 Å². The van der Waals surface area contributed by atoms with E-state index in [1.54, 1.807) is 27.8 Å². The van der Waals surface area contributed by atoms with Crippen molar-refractivity contribution in [3.05, 3.63) is 34.9 Å². The van der Waals surface area contributed by atoms with Crippen LogP contribution in [-0.2, 0) is 11.2 Å². The summed E-state index contributed by atoms with van der Waals surface area (Å²) in [5, 5.41) is 0. The molecule has 5 heteroatoms. The van der Waals surface area contributed by atoms with E-state index in [-0.39, 0.29) is 6.04 Å². The number of carbonyl (C=O) groups excluding carboxylic acids is 1. The maximum atomic E-state index is 13.9. The summed E-state index contributed by atoms with van der Waals surface area (Å²) in [6, 6.07) is 1.87. The minimum absolute atomic E-state index is 0.353. The van der Waals surface area contributed by atoms with Crippen LogP contribution in [0.1, 0.15) is 50.8 Å². The van der Waals surface area contributed by atoms with E-state index in [9.17, 15) is 13.6 Å². The third-order valence-electron chi connectivity index (χ3n) is 3.61. The number of halogens is 2. The number of ether oxygens (including phenoxy) is 1. The summed E-state index contributed by atoms with van der Waals surface area (Å²) in [7, 11) is 1.61. The van der Waals surface area contributed by atoms with Gasteiger partial charge in [0.05, 0.1) is 6.04 Å². The van der Waals surface area contributed by atoms with Crippen molar-refractivity contribution in [3.63, 3.8) is 0 Å². The second-order valence-electron chi connectivity index (χ2n) is 6.45. The van der Waals surface area contributed by atoms with Crippen molar-refractivity contribution in [3.8, 4) is 0 Å². The van der Waals surface area contributed by atoms with Crippen LogP contribution in [0.15, 0.2) is 12.1 Å². The van der Waals surface area contributed by atoms with Gasteiger partial charge in [-0.2, -0.15) is 0 Å². The lowest BCUT2D eigenvalue weighted by atomic mass is 9.86. The maximum absolute atomic E-state index is 13.9. The zero-order chi connectivity index (χ0) is 15.8. The molecule has 1 amide bonds. The molecule has 1 unspecified atom stereocenters. The average molecular weight is 297 g/mol. The Bertz CT molecular complexity index is 552. The van der Waals surface area contributed by atoms with E-state index in [2.05, 4.69) is 0 Å². The standard InChI is InChI=1S/C16H21F2NO2/c1-16(2,3)21-15(20)19(4)14-7-5-6-11-12(14)8-10(17)9-13(11)18/h8-9,14H,5-7H2,1-4H3. The molecule has 1 aliphatic carbocycles. The summed E-state index contributed by atoms with van der Waals surface area (Å²) in [5.74, 6) is -1.15. The predicted octanol–water partition coefficient (Wildman–Crippen LogP) is 4.21. The smallest absolute Gasteiger partial charge is 0.410 e. The van der Waals surface area contributed by atoms with Gasteiger partial charge in [-0.15, -0.1) is 0 Å². The Morgan fingerprint density at radius 2 is 2.00 bits per heavy atom. The third-order valence-corrected chi connectivity index (χ3v) is 3.61. The van der Waals surface area contributed by atoms with Crippen molar-refractivity contribution in [2.45, 2.75) is 51.7 Å². The van der Waals surface area contributed by atoms with Gasteiger partial charge < -0.3 is 9.64 Å². The summed E-state index contributed by atoms with van der Waals surface area (Å²) in [6.45, 7) is 5.35. The number of fused-ring (bicyclic) bond motifs is 1. The zero-order valence-corrected chi connectivity index (χ0v) is 12.9. The largest absolute Gasteiger partial charge is 0.444 e. The fraction of sp³-hybridized carbons (Fsp3) is 0.562. The van der Waals surface area contributed by atoms with Crippen molar-refractivity contribution in [1.29, 1.82) is 0 Å². The Balaban J connectivity index is 2.29. The van der Waals surface area contributed by atoms with Crippen LogP contribution in [-0.4, -0.2) is 23.6 Å². The summed E-state index contributed by atoms with van der Waals surface area (Å²) in [4.78, 5) is 13.6. The molecule has 0 aliphatic heterocycles. The van der Waals surface area contributed by atoms with Gasteiger partial charge in [0, 0.05) is 13.1 Å². The molecule has 0 radical (unpaired) electrons. The van der Waals surface area contributed by atoms with Crippen molar-refractivity contribution in [2.75, 3.05) is 7.05 Å². The quantitative estimate of drug-likeness (QED) is 0.777. The molecular formula is C16H21F2NO2. The molecule has 1 atom stereocenters. The van der Waals surface area contributed by atoms with Gasteiger partial charge in [0.1, 0.15) is 17.2 Å². The van der Waals surface area contributed by atoms with E-state index in [0.717, 1.165) is 12.5 Å². The molecule has 0 saturated heterocycles. The van der Waals surface area contributed by atoms with Crippen LogP contribution >= 0.6 is 0 Å². The molecule has 0 fully saturated rings. The van der Waals surface area contributed by atoms with Crippen LogP contribution in [0.2, 0.25) is 0 Å². The van der Waals surface area contributed by atoms with Crippen LogP contribution in [0.5, 0.6) is 0 Å². The second-order valence-corrected chi connectivity index (χ2v) is 6.45. The number of amides is 1. The average Bonchev–Trinajstić information content (AvgIpc) is 2.35. The number of carbonyl (C=O) groups is 1. The summed E-state index contributed by atoms with van der Waals surface area (Å²) >= 11 is 0. The normalized spacial score (nSPS) is 18.1. The van der Waals surface area contributed by atoms with E-state index in [4.69, 9.17) is 4.74 Å². The lowest BCUT2D eigenvalue weighted by molar-refractivity contribution is 0.0203. The third kappa shape index (κ3) is 3.52. The molecule has 21 heavy (non-hydrogen) atoms. The molecule has 3 nitrogen and oxygen atoms in total. The molecular weight excluding hydrogens is 276 g/mol. The monoisotopic (exact) mass is 297 g/mol. The van der Waals surface area contributed by atoms with Gasteiger partial charge in [-0.25, -0.2) is 13.6 Å².